The molecule has 0 spiro atoms. The zero-order chi connectivity index (χ0) is 35.0. The maximum absolute atomic E-state index is 12.6. The molecule has 0 heterocycles. The molecule has 0 fully saturated rings. The van der Waals surface area contributed by atoms with E-state index in [4.69, 9.17) is 14.2 Å². The Kier molecular flexibility index (Phi) is 37.5. The molecule has 0 saturated heterocycles. The Morgan fingerprint density at radius 1 is 0.479 bits per heavy atom. The van der Waals surface area contributed by atoms with Gasteiger partial charge in [-0.3, -0.25) is 9.59 Å². The van der Waals surface area contributed by atoms with Crippen molar-refractivity contribution in [2.45, 2.75) is 194 Å². The number of hydrogen-bond acceptors (Lipinski definition) is 5. The number of hydrogen-bond donors (Lipinski definition) is 0. The standard InChI is InChI=1S/C43H76O5/c1-4-7-10-13-16-18-20-21-22-23-25-26-28-30-33-36-42(44)47-40-41(39-46-38-35-32-15-12-9-6-3)48-43(45)37-34-31-29-27-24-19-17-14-11-8-5-2/h7,10,14,16-18,21-22,41H,4-6,8-9,11-13,15,19-20,23-40H2,1-3H3/b10-7-,17-14-,18-16-,22-21-. The first-order valence-corrected chi connectivity index (χ1v) is 20.2. The molecule has 0 bridgehead atoms. The summed E-state index contributed by atoms with van der Waals surface area (Å²) in [7, 11) is 0. The van der Waals surface area contributed by atoms with Crippen LogP contribution in [0.2, 0.25) is 0 Å². The summed E-state index contributed by atoms with van der Waals surface area (Å²) < 4.78 is 17.1. The van der Waals surface area contributed by atoms with E-state index in [2.05, 4.69) is 69.4 Å². The van der Waals surface area contributed by atoms with Crippen LogP contribution in [-0.4, -0.2) is 37.9 Å². The topological polar surface area (TPSA) is 61.8 Å². The van der Waals surface area contributed by atoms with Crippen molar-refractivity contribution < 1.29 is 23.8 Å². The van der Waals surface area contributed by atoms with Gasteiger partial charge in [0.15, 0.2) is 6.10 Å². The average Bonchev–Trinajstić information content (AvgIpc) is 3.08. The van der Waals surface area contributed by atoms with Crippen molar-refractivity contribution in [1.82, 2.24) is 0 Å². The number of esters is 2. The summed E-state index contributed by atoms with van der Waals surface area (Å²) >= 11 is 0. The van der Waals surface area contributed by atoms with Crippen LogP contribution in [0.15, 0.2) is 48.6 Å². The molecule has 0 aromatic carbocycles. The van der Waals surface area contributed by atoms with Gasteiger partial charge in [-0.25, -0.2) is 0 Å². The largest absolute Gasteiger partial charge is 0.462 e. The van der Waals surface area contributed by atoms with Crippen molar-refractivity contribution in [2.24, 2.45) is 0 Å². The first-order valence-electron chi connectivity index (χ1n) is 20.2. The van der Waals surface area contributed by atoms with Crippen LogP contribution in [0, 0.1) is 0 Å². The van der Waals surface area contributed by atoms with E-state index in [9.17, 15) is 9.59 Å². The summed E-state index contributed by atoms with van der Waals surface area (Å²) in [5.74, 6) is -0.433. The Morgan fingerprint density at radius 2 is 0.958 bits per heavy atom. The molecular formula is C43H76O5. The number of carbonyl (C=O) groups is 2. The fourth-order valence-corrected chi connectivity index (χ4v) is 5.33. The fourth-order valence-electron chi connectivity index (χ4n) is 5.33. The minimum absolute atomic E-state index is 0.0732. The average molecular weight is 673 g/mol. The Labute approximate surface area is 297 Å². The lowest BCUT2D eigenvalue weighted by atomic mass is 10.1. The molecule has 5 heteroatoms. The minimum atomic E-state index is -0.539. The van der Waals surface area contributed by atoms with E-state index in [1.54, 1.807) is 0 Å². The SMILES string of the molecule is CC/C=C\C/C=C\C/C=C\CCCCCCCC(=O)OCC(COCCCCCCCC)OC(=O)CCCCCCC/C=C\CCCC. The van der Waals surface area contributed by atoms with Gasteiger partial charge in [0.2, 0.25) is 0 Å². The van der Waals surface area contributed by atoms with E-state index in [1.165, 1.54) is 70.6 Å². The smallest absolute Gasteiger partial charge is 0.306 e. The van der Waals surface area contributed by atoms with Gasteiger partial charge in [-0.15, -0.1) is 0 Å². The monoisotopic (exact) mass is 673 g/mol. The van der Waals surface area contributed by atoms with E-state index in [0.717, 1.165) is 83.5 Å². The summed E-state index contributed by atoms with van der Waals surface area (Å²) in [5, 5.41) is 0. The van der Waals surface area contributed by atoms with Gasteiger partial charge in [0, 0.05) is 19.4 Å². The van der Waals surface area contributed by atoms with Gasteiger partial charge in [0.25, 0.3) is 0 Å². The van der Waals surface area contributed by atoms with Crippen LogP contribution in [0.4, 0.5) is 0 Å². The van der Waals surface area contributed by atoms with Gasteiger partial charge < -0.3 is 14.2 Å². The third-order valence-corrected chi connectivity index (χ3v) is 8.35. The molecule has 0 aromatic heterocycles. The highest BCUT2D eigenvalue weighted by molar-refractivity contribution is 5.70. The summed E-state index contributed by atoms with van der Waals surface area (Å²) in [6.45, 7) is 7.60. The van der Waals surface area contributed by atoms with E-state index in [0.29, 0.717) is 19.4 Å². The number of ether oxygens (including phenoxy) is 3. The van der Waals surface area contributed by atoms with E-state index in [-0.39, 0.29) is 25.2 Å². The van der Waals surface area contributed by atoms with E-state index < -0.39 is 6.10 Å². The predicted octanol–water partition coefficient (Wildman–Crippen LogP) is 12.9. The molecule has 48 heavy (non-hydrogen) atoms. The number of unbranched alkanes of at least 4 members (excludes halogenated alkanes) is 17. The Morgan fingerprint density at radius 3 is 1.58 bits per heavy atom. The first-order chi connectivity index (χ1) is 23.6. The molecule has 5 nitrogen and oxygen atoms in total. The third-order valence-electron chi connectivity index (χ3n) is 8.35. The van der Waals surface area contributed by atoms with Crippen LogP contribution in [-0.2, 0) is 23.8 Å². The molecule has 1 unspecified atom stereocenters. The Balaban J connectivity index is 4.19. The summed E-state index contributed by atoms with van der Waals surface area (Å²) in [4.78, 5) is 25.0. The van der Waals surface area contributed by atoms with Crippen LogP contribution in [0.25, 0.3) is 0 Å². The summed E-state index contributed by atoms with van der Waals surface area (Å²) in [5.41, 5.74) is 0. The Hall–Kier alpha value is -2.14. The highest BCUT2D eigenvalue weighted by atomic mass is 16.6. The van der Waals surface area contributed by atoms with Gasteiger partial charge in [-0.2, -0.15) is 0 Å². The molecule has 0 N–H and O–H groups in total. The lowest BCUT2D eigenvalue weighted by Gasteiger charge is -2.18. The van der Waals surface area contributed by atoms with Crippen LogP contribution in [0.3, 0.4) is 0 Å². The Bertz CT molecular complexity index is 812. The normalized spacial score (nSPS) is 12.6. The van der Waals surface area contributed by atoms with Gasteiger partial charge in [0.05, 0.1) is 6.61 Å². The second-order valence-corrected chi connectivity index (χ2v) is 13.2. The van der Waals surface area contributed by atoms with E-state index >= 15 is 0 Å². The van der Waals surface area contributed by atoms with Crippen LogP contribution in [0.5, 0.6) is 0 Å². The molecule has 0 saturated carbocycles. The maximum atomic E-state index is 12.6. The van der Waals surface area contributed by atoms with Crippen molar-refractivity contribution in [2.75, 3.05) is 19.8 Å². The van der Waals surface area contributed by atoms with Gasteiger partial charge in [0.1, 0.15) is 6.61 Å². The van der Waals surface area contributed by atoms with Crippen LogP contribution >= 0.6 is 0 Å². The maximum Gasteiger partial charge on any atom is 0.306 e. The molecule has 278 valence electrons. The lowest BCUT2D eigenvalue weighted by molar-refractivity contribution is -0.163. The van der Waals surface area contributed by atoms with Gasteiger partial charge >= 0.3 is 11.9 Å². The van der Waals surface area contributed by atoms with Crippen molar-refractivity contribution >= 4 is 11.9 Å². The quantitative estimate of drug-likeness (QED) is 0.0376. The third kappa shape index (κ3) is 36.7. The van der Waals surface area contributed by atoms with Crippen molar-refractivity contribution in [3.05, 3.63) is 48.6 Å². The second-order valence-electron chi connectivity index (χ2n) is 13.2. The first kappa shape index (κ1) is 45.9. The van der Waals surface area contributed by atoms with Crippen LogP contribution < -0.4 is 0 Å². The van der Waals surface area contributed by atoms with Gasteiger partial charge in [-0.05, 0) is 70.6 Å². The summed E-state index contributed by atoms with van der Waals surface area (Å²) in [6, 6.07) is 0. The van der Waals surface area contributed by atoms with Crippen molar-refractivity contribution in [1.29, 1.82) is 0 Å². The molecule has 0 aromatic rings. The molecule has 0 aliphatic carbocycles. The highest BCUT2D eigenvalue weighted by Gasteiger charge is 2.17. The van der Waals surface area contributed by atoms with Gasteiger partial charge in [-0.1, -0.05) is 153 Å². The number of carbonyl (C=O) groups excluding carboxylic acids is 2. The highest BCUT2D eigenvalue weighted by Crippen LogP contribution is 2.12. The fraction of sp³-hybridized carbons (Fsp3) is 0.767. The molecular weight excluding hydrogens is 596 g/mol. The zero-order valence-corrected chi connectivity index (χ0v) is 31.7. The molecule has 0 amide bonds. The lowest BCUT2D eigenvalue weighted by Crippen LogP contribution is -2.30. The van der Waals surface area contributed by atoms with Crippen molar-refractivity contribution in [3.63, 3.8) is 0 Å². The molecule has 0 radical (unpaired) electrons. The minimum Gasteiger partial charge on any atom is -0.462 e. The molecule has 0 rings (SSSR count). The van der Waals surface area contributed by atoms with Crippen LogP contribution in [0.1, 0.15) is 188 Å². The molecule has 0 aliphatic rings. The second kappa shape index (κ2) is 39.3. The molecule has 0 aliphatic heterocycles. The zero-order valence-electron chi connectivity index (χ0n) is 31.7. The van der Waals surface area contributed by atoms with E-state index in [1.807, 2.05) is 0 Å². The summed E-state index contributed by atoms with van der Waals surface area (Å²) in [6.07, 6.45) is 45.4. The molecule has 1 atom stereocenters. The predicted molar refractivity (Wildman–Crippen MR) is 205 cm³/mol. The number of allylic oxidation sites excluding steroid dienone is 8. The van der Waals surface area contributed by atoms with Crippen molar-refractivity contribution in [3.8, 4) is 0 Å². The number of rotatable bonds is 36.